The molecule has 3 aromatic rings. The number of aromatic nitrogens is 1. The molecular formula is C29H38N8O6S. The van der Waals surface area contributed by atoms with E-state index in [-0.39, 0.29) is 43.3 Å². The molecule has 2 aromatic carbocycles. The molecular weight excluding hydrogens is 588 g/mol. The molecule has 0 fully saturated rings. The van der Waals surface area contributed by atoms with Crippen LogP contribution in [0.2, 0.25) is 0 Å². The fourth-order valence-electron chi connectivity index (χ4n) is 4.48. The fourth-order valence-corrected chi connectivity index (χ4v) is 4.64. The Morgan fingerprint density at radius 2 is 1.52 bits per heavy atom. The first-order valence-electron chi connectivity index (χ1n) is 13.9. The Hall–Kier alpha value is -4.76. The number of rotatable bonds is 16. The number of carbonyl (C=O) groups excluding carboxylic acids is 3. The van der Waals surface area contributed by atoms with Crippen molar-refractivity contribution >= 4 is 53.2 Å². The van der Waals surface area contributed by atoms with Crippen molar-refractivity contribution in [3.63, 3.8) is 0 Å². The van der Waals surface area contributed by atoms with Gasteiger partial charge in [-0.1, -0.05) is 30.3 Å². The van der Waals surface area contributed by atoms with Gasteiger partial charge in [-0.3, -0.25) is 19.4 Å². The first-order valence-corrected chi connectivity index (χ1v) is 14.5. The first kappa shape index (κ1) is 33.7. The quantitative estimate of drug-likeness (QED) is 0.0425. The summed E-state index contributed by atoms with van der Waals surface area (Å²) in [4.78, 5) is 58.9. The summed E-state index contributed by atoms with van der Waals surface area (Å²) in [6, 6.07) is 8.68. The summed E-state index contributed by atoms with van der Waals surface area (Å²) in [7, 11) is 0. The topological polar surface area (TPSA) is 251 Å². The molecule has 0 aliphatic heterocycles. The lowest BCUT2D eigenvalue weighted by atomic mass is 10.0. The average Bonchev–Trinajstić information content (AvgIpc) is 3.40. The lowest BCUT2D eigenvalue weighted by Gasteiger charge is -2.25. The van der Waals surface area contributed by atoms with Crippen molar-refractivity contribution in [2.24, 2.45) is 22.2 Å². The number of thiol groups is 1. The molecule has 4 atom stereocenters. The number of nitrogens with zero attached hydrogens (tertiary/aromatic N) is 1. The summed E-state index contributed by atoms with van der Waals surface area (Å²) in [5, 5.41) is 28.1. The Labute approximate surface area is 259 Å². The zero-order valence-electron chi connectivity index (χ0n) is 23.9. The number of carbonyl (C=O) groups is 4. The Kier molecular flexibility index (Phi) is 12.4. The largest absolute Gasteiger partial charge is 0.508 e. The van der Waals surface area contributed by atoms with Gasteiger partial charge in [0.25, 0.3) is 0 Å². The third-order valence-corrected chi connectivity index (χ3v) is 7.23. The molecule has 0 radical (unpaired) electrons. The molecule has 44 heavy (non-hydrogen) atoms. The number of carboxylic acid groups (broad SMARTS) is 1. The molecule has 1 heterocycles. The van der Waals surface area contributed by atoms with Crippen LogP contribution in [0.1, 0.15) is 24.0 Å². The molecule has 4 unspecified atom stereocenters. The Balaban J connectivity index is 1.86. The number of H-pyrrole nitrogens is 1. The number of hydrogen-bond acceptors (Lipinski definition) is 8. The van der Waals surface area contributed by atoms with Crippen LogP contribution in [0.5, 0.6) is 5.75 Å². The van der Waals surface area contributed by atoms with Gasteiger partial charge in [0, 0.05) is 42.2 Å². The van der Waals surface area contributed by atoms with E-state index < -0.39 is 47.9 Å². The van der Waals surface area contributed by atoms with Gasteiger partial charge in [0.05, 0.1) is 6.04 Å². The van der Waals surface area contributed by atoms with Crippen molar-refractivity contribution in [2.45, 2.75) is 49.9 Å². The van der Waals surface area contributed by atoms with E-state index >= 15 is 0 Å². The average molecular weight is 627 g/mol. The maximum Gasteiger partial charge on any atom is 0.326 e. The van der Waals surface area contributed by atoms with Gasteiger partial charge in [-0.2, -0.15) is 12.6 Å². The maximum absolute atomic E-state index is 13.6. The fraction of sp³-hybridized carbons (Fsp3) is 0.345. The van der Waals surface area contributed by atoms with Crippen LogP contribution in [0.25, 0.3) is 10.9 Å². The highest BCUT2D eigenvalue weighted by Crippen LogP contribution is 2.20. The van der Waals surface area contributed by atoms with Gasteiger partial charge in [-0.25, -0.2) is 4.79 Å². The first-order chi connectivity index (χ1) is 21.0. The van der Waals surface area contributed by atoms with Gasteiger partial charge in [0.15, 0.2) is 5.96 Å². The van der Waals surface area contributed by atoms with Crippen molar-refractivity contribution in [2.75, 3.05) is 12.3 Å². The lowest BCUT2D eigenvalue weighted by Crippen LogP contribution is -2.58. The number of guanidine groups is 1. The number of phenols is 1. The van der Waals surface area contributed by atoms with E-state index in [0.29, 0.717) is 17.5 Å². The van der Waals surface area contributed by atoms with Crippen LogP contribution in [0.3, 0.4) is 0 Å². The maximum atomic E-state index is 13.6. The zero-order valence-corrected chi connectivity index (χ0v) is 24.8. The summed E-state index contributed by atoms with van der Waals surface area (Å²) < 4.78 is 0. The second-order valence-corrected chi connectivity index (χ2v) is 10.6. The number of aromatic hydroxyl groups is 1. The van der Waals surface area contributed by atoms with E-state index in [4.69, 9.17) is 17.2 Å². The van der Waals surface area contributed by atoms with E-state index in [0.717, 1.165) is 10.9 Å². The van der Waals surface area contributed by atoms with Crippen LogP contribution >= 0.6 is 12.6 Å². The van der Waals surface area contributed by atoms with Gasteiger partial charge in [0.1, 0.15) is 23.9 Å². The van der Waals surface area contributed by atoms with Crippen molar-refractivity contribution in [3.05, 3.63) is 65.9 Å². The molecule has 3 amide bonds. The van der Waals surface area contributed by atoms with Crippen molar-refractivity contribution in [1.82, 2.24) is 20.9 Å². The Morgan fingerprint density at radius 3 is 2.18 bits per heavy atom. The minimum atomic E-state index is -1.34. The van der Waals surface area contributed by atoms with E-state index in [1.807, 2.05) is 24.3 Å². The monoisotopic (exact) mass is 626 g/mol. The molecule has 0 aliphatic rings. The number of aliphatic imine (C=N–C) groups is 1. The molecule has 0 bridgehead atoms. The third kappa shape index (κ3) is 9.91. The summed E-state index contributed by atoms with van der Waals surface area (Å²) in [5.41, 5.74) is 18.6. The molecule has 14 nitrogen and oxygen atoms in total. The normalized spacial score (nSPS) is 13.7. The molecule has 0 saturated carbocycles. The molecule has 12 N–H and O–H groups in total. The van der Waals surface area contributed by atoms with Gasteiger partial charge < -0.3 is 48.3 Å². The number of nitrogens with two attached hydrogens (primary N) is 3. The number of nitrogens with one attached hydrogen (secondary N) is 4. The number of aromatic amines is 1. The minimum absolute atomic E-state index is 0.0119. The van der Waals surface area contributed by atoms with Gasteiger partial charge in [0.2, 0.25) is 17.7 Å². The van der Waals surface area contributed by atoms with Crippen molar-refractivity contribution in [3.8, 4) is 5.75 Å². The van der Waals surface area contributed by atoms with E-state index in [9.17, 15) is 29.4 Å². The molecule has 0 saturated heterocycles. The number of aliphatic carboxylic acids is 1. The van der Waals surface area contributed by atoms with Crippen LogP contribution in [0, 0.1) is 0 Å². The number of para-hydroxylation sites is 1. The minimum Gasteiger partial charge on any atom is -0.508 e. The smallest absolute Gasteiger partial charge is 0.326 e. The van der Waals surface area contributed by atoms with Crippen LogP contribution in [-0.4, -0.2) is 81.3 Å². The molecule has 236 valence electrons. The summed E-state index contributed by atoms with van der Waals surface area (Å²) in [5.74, 6) is -3.39. The predicted octanol–water partition coefficient (Wildman–Crippen LogP) is -0.492. The zero-order chi connectivity index (χ0) is 32.2. The highest BCUT2D eigenvalue weighted by Gasteiger charge is 2.31. The highest BCUT2D eigenvalue weighted by atomic mass is 32.1. The van der Waals surface area contributed by atoms with Crippen LogP contribution in [0.4, 0.5) is 0 Å². The van der Waals surface area contributed by atoms with E-state index in [2.05, 4.69) is 38.6 Å². The van der Waals surface area contributed by atoms with Crippen molar-refractivity contribution in [1.29, 1.82) is 0 Å². The standard InChI is InChI=1S/C29H38N8O6S/c30-20(15-44)25(39)35-22(6-3-11-33-29(31)32)26(40)36-23(13-17-14-34-21-5-2-1-4-19(17)21)27(41)37-24(28(42)43)12-16-7-9-18(38)10-8-16/h1-2,4-5,7-10,14,20,22-24,34,38,44H,3,6,11-13,15,30H2,(H,35,39)(H,36,40)(H,37,41)(H,42,43)(H4,31,32,33). The number of fused-ring (bicyclic) bond motifs is 1. The molecule has 3 rings (SSSR count). The predicted molar refractivity (Wildman–Crippen MR) is 169 cm³/mol. The Bertz CT molecular complexity index is 1470. The summed E-state index contributed by atoms with van der Waals surface area (Å²) >= 11 is 4.04. The van der Waals surface area contributed by atoms with E-state index in [1.165, 1.54) is 12.1 Å². The second kappa shape index (κ2) is 16.2. The lowest BCUT2D eigenvalue weighted by molar-refractivity contribution is -0.142. The summed E-state index contributed by atoms with van der Waals surface area (Å²) in [6.45, 7) is 0.192. The second-order valence-electron chi connectivity index (χ2n) is 10.2. The highest BCUT2D eigenvalue weighted by molar-refractivity contribution is 7.80. The third-order valence-electron chi connectivity index (χ3n) is 6.83. The van der Waals surface area contributed by atoms with Crippen LogP contribution < -0.4 is 33.2 Å². The molecule has 0 spiro atoms. The number of hydrogen-bond donors (Lipinski definition) is 10. The molecule has 1 aromatic heterocycles. The van der Waals surface area contributed by atoms with Crippen LogP contribution in [-0.2, 0) is 32.0 Å². The van der Waals surface area contributed by atoms with Crippen LogP contribution in [0.15, 0.2) is 59.7 Å². The van der Waals surface area contributed by atoms with Gasteiger partial charge >= 0.3 is 5.97 Å². The number of carboxylic acids is 1. The number of benzene rings is 2. The van der Waals surface area contributed by atoms with Gasteiger partial charge in [-0.05, 0) is 42.2 Å². The van der Waals surface area contributed by atoms with Gasteiger partial charge in [-0.15, -0.1) is 0 Å². The molecule has 0 aliphatic carbocycles. The number of phenolic OH excluding ortho intramolecular Hbond substituents is 1. The molecule has 15 heteroatoms. The Morgan fingerprint density at radius 1 is 0.886 bits per heavy atom. The van der Waals surface area contributed by atoms with Crippen molar-refractivity contribution < 1.29 is 29.4 Å². The van der Waals surface area contributed by atoms with E-state index in [1.54, 1.807) is 18.3 Å². The SMILES string of the molecule is NC(N)=NCCCC(NC(=O)C(N)CS)C(=O)NC(Cc1c[nH]c2ccccc12)C(=O)NC(Cc1ccc(O)cc1)C(=O)O. The number of amides is 3. The summed E-state index contributed by atoms with van der Waals surface area (Å²) in [6.07, 6.45) is 2.09.